The number of carboxylic acid groups (broad SMARTS) is 1. The predicted octanol–water partition coefficient (Wildman–Crippen LogP) is 3.26. The summed E-state index contributed by atoms with van der Waals surface area (Å²) in [5.74, 6) is -1.51. The number of nitrogens with one attached hydrogen (secondary N) is 1. The van der Waals surface area contributed by atoms with Crippen molar-refractivity contribution in [2.45, 2.75) is 37.7 Å². The van der Waals surface area contributed by atoms with Crippen LogP contribution in [0.3, 0.4) is 0 Å². The average Bonchev–Trinajstić information content (AvgIpc) is 3.37. The molecule has 4 rings (SSSR count). The zero-order chi connectivity index (χ0) is 21.6. The minimum absolute atomic E-state index is 0.333. The summed E-state index contributed by atoms with van der Waals surface area (Å²) >= 11 is 1.85. The number of fused-ring (bicyclic) bond motifs is 1. The van der Waals surface area contributed by atoms with Gasteiger partial charge >= 0.3 is 12.1 Å². The molecular formula is C19H23F3N4O3S. The molecule has 7 nitrogen and oxygen atoms in total. The van der Waals surface area contributed by atoms with E-state index in [1.807, 2.05) is 17.4 Å². The van der Waals surface area contributed by atoms with Crippen molar-refractivity contribution in [3.63, 3.8) is 0 Å². The van der Waals surface area contributed by atoms with Gasteiger partial charge in [0.25, 0.3) is 0 Å². The first-order chi connectivity index (χ1) is 14.3. The molecule has 0 bridgehead atoms. The number of carbonyl (C=O) groups is 1. The van der Waals surface area contributed by atoms with Crippen molar-refractivity contribution in [3.8, 4) is 0 Å². The van der Waals surface area contributed by atoms with Crippen LogP contribution < -0.4 is 5.32 Å². The van der Waals surface area contributed by atoms with E-state index in [0.29, 0.717) is 24.0 Å². The Labute approximate surface area is 175 Å². The number of aliphatic carboxylic acids is 1. The second-order valence-corrected chi connectivity index (χ2v) is 8.08. The lowest BCUT2D eigenvalue weighted by atomic mass is 10.0. The second-order valence-electron chi connectivity index (χ2n) is 7.05. The zero-order valence-corrected chi connectivity index (χ0v) is 16.9. The van der Waals surface area contributed by atoms with Gasteiger partial charge in [0.05, 0.1) is 12.7 Å². The molecule has 2 aromatic heterocycles. The number of carboxylic acids is 1. The van der Waals surface area contributed by atoms with E-state index in [9.17, 15) is 13.2 Å². The number of alkyl halides is 3. The molecule has 11 heteroatoms. The molecule has 2 aromatic rings. The Balaban J connectivity index is 0.000000318. The molecule has 0 aromatic carbocycles. The highest BCUT2D eigenvalue weighted by Crippen LogP contribution is 2.35. The first-order valence-electron chi connectivity index (χ1n) is 9.53. The Hall–Kier alpha value is -2.24. The van der Waals surface area contributed by atoms with E-state index in [4.69, 9.17) is 14.6 Å². The molecule has 2 fully saturated rings. The van der Waals surface area contributed by atoms with Crippen molar-refractivity contribution >= 4 is 23.3 Å². The van der Waals surface area contributed by atoms with Crippen molar-refractivity contribution in [3.05, 3.63) is 40.8 Å². The number of halogens is 3. The Morgan fingerprint density at radius 1 is 1.30 bits per heavy atom. The summed E-state index contributed by atoms with van der Waals surface area (Å²) in [6.45, 7) is 3.83. The van der Waals surface area contributed by atoms with Gasteiger partial charge in [-0.3, -0.25) is 4.90 Å². The normalized spacial score (nSPS) is 23.9. The molecular weight excluding hydrogens is 421 g/mol. The minimum atomic E-state index is -5.08. The SMILES string of the molecule is O=C(O)C(F)(F)F.c1cnc(NCC2CCC3C2OCCN3Cc2cccs2)nc1. The van der Waals surface area contributed by atoms with Crippen LogP contribution >= 0.6 is 11.3 Å². The fraction of sp³-hybridized carbons (Fsp3) is 0.526. The maximum Gasteiger partial charge on any atom is 0.490 e. The molecule has 0 amide bonds. The van der Waals surface area contributed by atoms with Gasteiger partial charge in [0.1, 0.15) is 0 Å². The number of hydrogen-bond donors (Lipinski definition) is 2. The third-order valence-electron chi connectivity index (χ3n) is 5.10. The molecule has 3 unspecified atom stereocenters. The standard InChI is InChI=1S/C17H22N4OS.C2HF3O2/c1-3-14(23-10-1)12-21-8-9-22-16-13(4-5-15(16)21)11-20-17-18-6-2-7-19-17;3-2(4,5)1(6)7/h1-3,6-7,10,13,15-16H,4-5,8-9,11-12H2,(H,18,19,20);(H,6,7). The zero-order valence-electron chi connectivity index (χ0n) is 16.1. The Kier molecular flexibility index (Phi) is 7.62. The molecule has 3 heterocycles. The molecule has 1 aliphatic carbocycles. The van der Waals surface area contributed by atoms with Gasteiger partial charge in [0.2, 0.25) is 5.95 Å². The molecule has 1 saturated carbocycles. The van der Waals surface area contributed by atoms with Crippen LogP contribution in [0.2, 0.25) is 0 Å². The minimum Gasteiger partial charge on any atom is -0.475 e. The molecule has 1 saturated heterocycles. The lowest BCUT2D eigenvalue weighted by Gasteiger charge is -2.39. The van der Waals surface area contributed by atoms with Gasteiger partial charge in [-0.1, -0.05) is 6.07 Å². The third kappa shape index (κ3) is 6.13. The molecule has 0 radical (unpaired) electrons. The van der Waals surface area contributed by atoms with Gasteiger partial charge in [-0.25, -0.2) is 14.8 Å². The summed E-state index contributed by atoms with van der Waals surface area (Å²) in [4.78, 5) is 21.4. The van der Waals surface area contributed by atoms with Crippen molar-refractivity contribution < 1.29 is 27.8 Å². The van der Waals surface area contributed by atoms with Gasteiger partial charge < -0.3 is 15.2 Å². The maximum atomic E-state index is 10.6. The third-order valence-corrected chi connectivity index (χ3v) is 5.97. The van der Waals surface area contributed by atoms with Crippen LogP contribution in [-0.4, -0.2) is 64.0 Å². The van der Waals surface area contributed by atoms with E-state index in [2.05, 4.69) is 37.7 Å². The fourth-order valence-corrected chi connectivity index (χ4v) is 4.50. The number of aromatic nitrogens is 2. The highest BCUT2D eigenvalue weighted by Gasteiger charge is 2.42. The average molecular weight is 444 g/mol. The van der Waals surface area contributed by atoms with Gasteiger partial charge in [-0.2, -0.15) is 13.2 Å². The number of hydrogen-bond acceptors (Lipinski definition) is 7. The Morgan fingerprint density at radius 2 is 2.03 bits per heavy atom. The highest BCUT2D eigenvalue weighted by atomic mass is 32.1. The van der Waals surface area contributed by atoms with Crippen LogP contribution in [0.15, 0.2) is 36.0 Å². The number of ether oxygens (including phenoxy) is 1. The molecule has 3 atom stereocenters. The summed E-state index contributed by atoms with van der Waals surface area (Å²) in [5, 5.41) is 12.6. The molecule has 0 spiro atoms. The topological polar surface area (TPSA) is 87.6 Å². The van der Waals surface area contributed by atoms with Gasteiger partial charge in [-0.05, 0) is 30.4 Å². The Morgan fingerprint density at radius 3 is 2.67 bits per heavy atom. The molecule has 164 valence electrons. The lowest BCUT2D eigenvalue weighted by molar-refractivity contribution is -0.192. The van der Waals surface area contributed by atoms with Crippen LogP contribution in [0.5, 0.6) is 0 Å². The van der Waals surface area contributed by atoms with Crippen LogP contribution in [0, 0.1) is 5.92 Å². The number of nitrogens with zero attached hydrogens (tertiary/aromatic N) is 3. The summed E-state index contributed by atoms with van der Waals surface area (Å²) in [7, 11) is 0. The predicted molar refractivity (Wildman–Crippen MR) is 105 cm³/mol. The monoisotopic (exact) mass is 444 g/mol. The number of rotatable bonds is 5. The van der Waals surface area contributed by atoms with E-state index in [0.717, 1.165) is 26.2 Å². The smallest absolute Gasteiger partial charge is 0.475 e. The first kappa shape index (κ1) is 22.4. The summed E-state index contributed by atoms with van der Waals surface area (Å²) in [6.07, 6.45) is 1.22. The Bertz CT molecular complexity index is 792. The first-order valence-corrected chi connectivity index (χ1v) is 10.4. The van der Waals surface area contributed by atoms with E-state index < -0.39 is 12.1 Å². The molecule has 2 N–H and O–H groups in total. The summed E-state index contributed by atoms with van der Waals surface area (Å²) in [6, 6.07) is 6.76. The lowest BCUT2D eigenvalue weighted by Crippen LogP contribution is -2.50. The van der Waals surface area contributed by atoms with Crippen molar-refractivity contribution in [2.75, 3.05) is 25.0 Å². The van der Waals surface area contributed by atoms with Gasteiger partial charge in [-0.15, -0.1) is 11.3 Å². The van der Waals surface area contributed by atoms with Crippen LogP contribution in [-0.2, 0) is 16.1 Å². The summed E-state index contributed by atoms with van der Waals surface area (Å²) < 4.78 is 37.9. The van der Waals surface area contributed by atoms with Gasteiger partial charge in [0, 0.05) is 48.9 Å². The maximum absolute atomic E-state index is 10.6. The van der Waals surface area contributed by atoms with E-state index in [1.54, 1.807) is 12.4 Å². The van der Waals surface area contributed by atoms with Crippen LogP contribution in [0.4, 0.5) is 19.1 Å². The fourth-order valence-electron chi connectivity index (χ4n) is 3.77. The number of anilines is 1. The number of thiophene rings is 1. The largest absolute Gasteiger partial charge is 0.490 e. The van der Waals surface area contributed by atoms with Crippen molar-refractivity contribution in [1.29, 1.82) is 0 Å². The van der Waals surface area contributed by atoms with E-state index in [-0.39, 0.29) is 0 Å². The molecule has 1 aliphatic heterocycles. The van der Waals surface area contributed by atoms with Crippen molar-refractivity contribution in [1.82, 2.24) is 14.9 Å². The quantitative estimate of drug-likeness (QED) is 0.732. The van der Waals surface area contributed by atoms with E-state index >= 15 is 0 Å². The van der Waals surface area contributed by atoms with E-state index in [1.165, 1.54) is 17.7 Å². The highest BCUT2D eigenvalue weighted by molar-refractivity contribution is 7.09. The molecule has 30 heavy (non-hydrogen) atoms. The van der Waals surface area contributed by atoms with Crippen LogP contribution in [0.25, 0.3) is 0 Å². The number of morpholine rings is 1. The van der Waals surface area contributed by atoms with Crippen molar-refractivity contribution in [2.24, 2.45) is 5.92 Å². The van der Waals surface area contributed by atoms with Gasteiger partial charge in [0.15, 0.2) is 0 Å². The molecule has 2 aliphatic rings. The summed E-state index contributed by atoms with van der Waals surface area (Å²) in [5.41, 5.74) is 0. The van der Waals surface area contributed by atoms with Crippen LogP contribution in [0.1, 0.15) is 17.7 Å². The second kappa shape index (κ2) is 10.2.